The summed E-state index contributed by atoms with van der Waals surface area (Å²) >= 11 is 6.56. The van der Waals surface area contributed by atoms with Crippen LogP contribution >= 0.6 is 11.6 Å². The zero-order valence-electron chi connectivity index (χ0n) is 15.3. The molecule has 0 saturated heterocycles. The summed E-state index contributed by atoms with van der Waals surface area (Å²) in [6.07, 6.45) is 1.01. The van der Waals surface area contributed by atoms with Crippen molar-refractivity contribution in [2.24, 2.45) is 5.10 Å². The average molecular weight is 378 g/mol. The number of benzene rings is 2. The number of carbonyl (C=O) groups excluding carboxylic acids is 1. The maximum atomic E-state index is 12.6. The molecule has 1 unspecified atom stereocenters. The topological polar surface area (TPSA) is 45.6 Å². The van der Waals surface area contributed by atoms with Crippen LogP contribution in [0.5, 0.6) is 0 Å². The second-order valence-corrected chi connectivity index (χ2v) is 7.10. The first-order valence-electron chi connectivity index (χ1n) is 9.09. The third-order valence-electron chi connectivity index (χ3n) is 4.96. The quantitative estimate of drug-likeness (QED) is 0.582. The van der Waals surface area contributed by atoms with Crippen LogP contribution in [-0.2, 0) is 4.79 Å². The summed E-state index contributed by atoms with van der Waals surface area (Å²) in [5, 5.41) is 7.67. The number of halogens is 1. The molecular weight excluding hydrogens is 358 g/mol. The fourth-order valence-corrected chi connectivity index (χ4v) is 3.79. The van der Waals surface area contributed by atoms with Crippen molar-refractivity contribution in [3.63, 3.8) is 0 Å². The molecule has 1 aliphatic rings. The van der Waals surface area contributed by atoms with Crippen molar-refractivity contribution in [3.05, 3.63) is 76.4 Å². The zero-order valence-corrected chi connectivity index (χ0v) is 16.1. The lowest BCUT2D eigenvalue weighted by atomic mass is 9.98. The fourth-order valence-electron chi connectivity index (χ4n) is 3.52. The van der Waals surface area contributed by atoms with Crippen molar-refractivity contribution in [2.75, 3.05) is 0 Å². The molecule has 1 atom stereocenters. The molecule has 136 valence electrons. The van der Waals surface area contributed by atoms with E-state index in [0.717, 1.165) is 33.3 Å². The van der Waals surface area contributed by atoms with Crippen molar-refractivity contribution in [1.29, 1.82) is 0 Å². The van der Waals surface area contributed by atoms with Crippen molar-refractivity contribution < 1.29 is 4.79 Å². The lowest BCUT2D eigenvalue weighted by Crippen LogP contribution is -2.26. The van der Waals surface area contributed by atoms with E-state index in [4.69, 9.17) is 11.6 Å². The zero-order chi connectivity index (χ0) is 19.0. The Labute approximate surface area is 163 Å². The van der Waals surface area contributed by atoms with E-state index in [1.54, 1.807) is 5.01 Å². The molecule has 0 radical (unpaired) electrons. The van der Waals surface area contributed by atoms with Crippen LogP contribution in [0.25, 0.3) is 10.9 Å². The number of para-hydroxylation sites is 1. The van der Waals surface area contributed by atoms with E-state index in [1.807, 2.05) is 68.4 Å². The standard InChI is InChI=1S/C22H20ClN3O/c1-3-20(27)26-19(13-18(25-26)15-9-5-4-6-10-15)17-12-16-11-7-8-14(2)21(16)24-22(17)23/h4-12,19H,3,13H2,1-2H3. The number of pyridine rings is 1. The number of amides is 1. The van der Waals surface area contributed by atoms with Gasteiger partial charge in [-0.2, -0.15) is 5.10 Å². The molecule has 0 bridgehead atoms. The normalized spacial score (nSPS) is 16.6. The summed E-state index contributed by atoms with van der Waals surface area (Å²) < 4.78 is 0. The highest BCUT2D eigenvalue weighted by Crippen LogP contribution is 2.37. The average Bonchev–Trinajstić information content (AvgIpc) is 3.13. The Morgan fingerprint density at radius 3 is 2.70 bits per heavy atom. The van der Waals surface area contributed by atoms with Gasteiger partial charge in [-0.15, -0.1) is 0 Å². The highest BCUT2D eigenvalue weighted by Gasteiger charge is 2.34. The number of fused-ring (bicyclic) bond motifs is 1. The van der Waals surface area contributed by atoms with E-state index in [-0.39, 0.29) is 11.9 Å². The van der Waals surface area contributed by atoms with Crippen LogP contribution < -0.4 is 0 Å². The highest BCUT2D eigenvalue weighted by atomic mass is 35.5. The second-order valence-electron chi connectivity index (χ2n) is 6.74. The van der Waals surface area contributed by atoms with E-state index in [9.17, 15) is 4.79 Å². The number of aromatic nitrogens is 1. The first kappa shape index (κ1) is 17.7. The molecule has 3 aromatic rings. The van der Waals surface area contributed by atoms with Crippen molar-refractivity contribution in [3.8, 4) is 0 Å². The monoisotopic (exact) mass is 377 g/mol. The number of nitrogens with zero attached hydrogens (tertiary/aromatic N) is 3. The van der Waals surface area contributed by atoms with Gasteiger partial charge in [0.2, 0.25) is 5.91 Å². The molecule has 5 heteroatoms. The third kappa shape index (κ3) is 3.21. The van der Waals surface area contributed by atoms with Crippen LogP contribution in [0.15, 0.2) is 59.7 Å². The molecule has 0 N–H and O–H groups in total. The number of hydrazone groups is 1. The fraction of sp³-hybridized carbons (Fsp3) is 0.227. The SMILES string of the molecule is CCC(=O)N1N=C(c2ccccc2)CC1c1cc2cccc(C)c2nc1Cl. The Morgan fingerprint density at radius 2 is 1.96 bits per heavy atom. The lowest BCUT2D eigenvalue weighted by molar-refractivity contribution is -0.132. The number of rotatable bonds is 3. The minimum Gasteiger partial charge on any atom is -0.273 e. The molecule has 0 aliphatic carbocycles. The first-order chi connectivity index (χ1) is 13.1. The molecule has 2 heterocycles. The van der Waals surface area contributed by atoms with Crippen LogP contribution in [0.3, 0.4) is 0 Å². The largest absolute Gasteiger partial charge is 0.273 e. The van der Waals surface area contributed by atoms with Crippen LogP contribution in [0.2, 0.25) is 5.15 Å². The van der Waals surface area contributed by atoms with Gasteiger partial charge in [0.05, 0.1) is 17.3 Å². The van der Waals surface area contributed by atoms with Gasteiger partial charge in [0.15, 0.2) is 0 Å². The Bertz CT molecular complexity index is 1050. The predicted octanol–water partition coefficient (Wildman–Crippen LogP) is 5.28. The van der Waals surface area contributed by atoms with Crippen LogP contribution in [0.4, 0.5) is 0 Å². The van der Waals surface area contributed by atoms with E-state index in [0.29, 0.717) is 18.0 Å². The molecule has 27 heavy (non-hydrogen) atoms. The van der Waals surface area contributed by atoms with Gasteiger partial charge in [0, 0.05) is 23.8 Å². The van der Waals surface area contributed by atoms with E-state index < -0.39 is 0 Å². The molecule has 4 rings (SSSR count). The minimum atomic E-state index is -0.238. The molecule has 4 nitrogen and oxygen atoms in total. The maximum Gasteiger partial charge on any atom is 0.242 e. The summed E-state index contributed by atoms with van der Waals surface area (Å²) in [5.74, 6) is -0.0219. The molecule has 1 amide bonds. The summed E-state index contributed by atoms with van der Waals surface area (Å²) in [6.45, 7) is 3.86. The van der Waals surface area contributed by atoms with Crippen LogP contribution in [0, 0.1) is 6.92 Å². The van der Waals surface area contributed by atoms with Gasteiger partial charge in [-0.05, 0) is 24.1 Å². The van der Waals surface area contributed by atoms with Crippen LogP contribution in [0.1, 0.15) is 42.5 Å². The summed E-state index contributed by atoms with van der Waals surface area (Å²) in [6, 6.07) is 17.8. The van der Waals surface area contributed by atoms with Crippen molar-refractivity contribution in [2.45, 2.75) is 32.7 Å². The molecule has 0 fully saturated rings. The van der Waals surface area contributed by atoms with E-state index >= 15 is 0 Å². The van der Waals surface area contributed by atoms with Gasteiger partial charge >= 0.3 is 0 Å². The predicted molar refractivity (Wildman–Crippen MR) is 109 cm³/mol. The van der Waals surface area contributed by atoms with Gasteiger partial charge in [0.1, 0.15) is 5.15 Å². The van der Waals surface area contributed by atoms with Gasteiger partial charge in [-0.3, -0.25) is 4.79 Å². The smallest absolute Gasteiger partial charge is 0.242 e. The lowest BCUT2D eigenvalue weighted by Gasteiger charge is -2.22. The van der Waals surface area contributed by atoms with Gasteiger partial charge < -0.3 is 0 Å². The van der Waals surface area contributed by atoms with Crippen molar-refractivity contribution in [1.82, 2.24) is 9.99 Å². The first-order valence-corrected chi connectivity index (χ1v) is 9.47. The van der Waals surface area contributed by atoms with Crippen LogP contribution in [-0.4, -0.2) is 21.6 Å². The highest BCUT2D eigenvalue weighted by molar-refractivity contribution is 6.30. The van der Waals surface area contributed by atoms with E-state index in [2.05, 4.69) is 10.1 Å². The molecule has 0 saturated carbocycles. The number of carbonyl (C=O) groups is 1. The van der Waals surface area contributed by atoms with Gasteiger partial charge in [0.25, 0.3) is 0 Å². The number of aryl methyl sites for hydroxylation is 1. The Kier molecular flexibility index (Phi) is 4.66. The summed E-state index contributed by atoms with van der Waals surface area (Å²) in [7, 11) is 0. The second kappa shape index (κ2) is 7.12. The van der Waals surface area contributed by atoms with Gasteiger partial charge in [-0.1, -0.05) is 67.1 Å². The maximum absolute atomic E-state index is 12.6. The Morgan fingerprint density at radius 1 is 1.19 bits per heavy atom. The Balaban J connectivity index is 1.79. The third-order valence-corrected chi connectivity index (χ3v) is 5.27. The van der Waals surface area contributed by atoms with E-state index in [1.165, 1.54) is 0 Å². The summed E-state index contributed by atoms with van der Waals surface area (Å²) in [4.78, 5) is 17.2. The number of hydrogen-bond donors (Lipinski definition) is 0. The summed E-state index contributed by atoms with van der Waals surface area (Å²) in [5.41, 5.74) is 4.72. The molecule has 0 spiro atoms. The van der Waals surface area contributed by atoms with Gasteiger partial charge in [-0.25, -0.2) is 9.99 Å². The molecule has 2 aromatic carbocycles. The Hall–Kier alpha value is -2.72. The minimum absolute atomic E-state index is 0.0219. The molecular formula is C22H20ClN3O. The van der Waals surface area contributed by atoms with Crippen molar-refractivity contribution >= 4 is 34.1 Å². The molecule has 1 aromatic heterocycles. The molecule has 1 aliphatic heterocycles. The number of hydrogen-bond acceptors (Lipinski definition) is 3.